The molecule has 2 aliphatic rings. The van der Waals surface area contributed by atoms with E-state index < -0.39 is 0 Å². The minimum atomic E-state index is 0.787. The Morgan fingerprint density at radius 2 is 2.11 bits per heavy atom. The quantitative estimate of drug-likeness (QED) is 0.909. The zero-order chi connectivity index (χ0) is 12.4. The van der Waals surface area contributed by atoms with Crippen molar-refractivity contribution in [2.45, 2.75) is 45.1 Å². The van der Waals surface area contributed by atoms with E-state index in [4.69, 9.17) is 0 Å². The highest BCUT2D eigenvalue weighted by Crippen LogP contribution is 2.28. The SMILES string of the molecule is Cc1nnc(NCC2CCN(C3CCCC3)C2)s1. The molecule has 1 N–H and O–H groups in total. The molecular formula is C13H22N4S. The number of nitrogens with zero attached hydrogens (tertiary/aromatic N) is 3. The summed E-state index contributed by atoms with van der Waals surface area (Å²) < 4.78 is 0. The molecule has 100 valence electrons. The molecule has 1 unspecified atom stereocenters. The molecule has 1 aromatic rings. The second kappa shape index (κ2) is 5.53. The van der Waals surface area contributed by atoms with Crippen LogP contribution in [0.5, 0.6) is 0 Å². The normalized spacial score (nSPS) is 25.9. The van der Waals surface area contributed by atoms with Crippen molar-refractivity contribution in [1.82, 2.24) is 15.1 Å². The summed E-state index contributed by atoms with van der Waals surface area (Å²) in [5.74, 6) is 0.787. The molecule has 0 radical (unpaired) electrons. The molecule has 0 amide bonds. The van der Waals surface area contributed by atoms with Gasteiger partial charge in [-0.05, 0) is 38.6 Å². The molecule has 0 aromatic carbocycles. The largest absolute Gasteiger partial charge is 0.360 e. The van der Waals surface area contributed by atoms with Crippen molar-refractivity contribution in [3.8, 4) is 0 Å². The molecule has 0 bridgehead atoms. The van der Waals surface area contributed by atoms with E-state index in [1.807, 2.05) is 6.92 Å². The lowest BCUT2D eigenvalue weighted by molar-refractivity contribution is 0.238. The topological polar surface area (TPSA) is 41.1 Å². The maximum absolute atomic E-state index is 4.12. The Morgan fingerprint density at radius 3 is 2.83 bits per heavy atom. The van der Waals surface area contributed by atoms with Crippen molar-refractivity contribution in [2.24, 2.45) is 5.92 Å². The standard InChI is InChI=1S/C13H22N4S/c1-10-15-16-13(18-10)14-8-11-6-7-17(9-11)12-4-2-3-5-12/h11-12H,2-9H2,1H3,(H,14,16). The second-order valence-electron chi connectivity index (χ2n) is 5.60. The van der Waals surface area contributed by atoms with E-state index in [9.17, 15) is 0 Å². The van der Waals surface area contributed by atoms with Gasteiger partial charge in [0.25, 0.3) is 0 Å². The predicted octanol–water partition coefficient (Wildman–Crippen LogP) is 2.52. The molecule has 3 rings (SSSR count). The fraction of sp³-hybridized carbons (Fsp3) is 0.846. The van der Waals surface area contributed by atoms with Gasteiger partial charge in [-0.15, -0.1) is 10.2 Å². The average Bonchev–Trinajstić information content (AvgIpc) is 3.07. The molecule has 1 aromatic heterocycles. The molecule has 2 heterocycles. The first kappa shape index (κ1) is 12.4. The van der Waals surface area contributed by atoms with Crippen molar-refractivity contribution in [3.05, 3.63) is 5.01 Å². The van der Waals surface area contributed by atoms with Gasteiger partial charge in [-0.3, -0.25) is 0 Å². The molecule has 1 aliphatic carbocycles. The predicted molar refractivity (Wildman–Crippen MR) is 75.1 cm³/mol. The third-order valence-corrected chi connectivity index (χ3v) is 5.02. The minimum absolute atomic E-state index is 0.787. The van der Waals surface area contributed by atoms with Crippen LogP contribution in [0.25, 0.3) is 0 Å². The smallest absolute Gasteiger partial charge is 0.205 e. The fourth-order valence-corrected chi connectivity index (χ4v) is 3.83. The van der Waals surface area contributed by atoms with Crippen molar-refractivity contribution in [1.29, 1.82) is 0 Å². The third kappa shape index (κ3) is 2.83. The molecule has 5 heteroatoms. The summed E-state index contributed by atoms with van der Waals surface area (Å²) in [5, 5.41) is 13.6. The highest BCUT2D eigenvalue weighted by atomic mass is 32.1. The van der Waals surface area contributed by atoms with Gasteiger partial charge in [0.2, 0.25) is 5.13 Å². The van der Waals surface area contributed by atoms with Crippen LogP contribution in [0, 0.1) is 12.8 Å². The molecule has 1 saturated heterocycles. The highest BCUT2D eigenvalue weighted by Gasteiger charge is 2.29. The first-order valence-electron chi connectivity index (χ1n) is 7.09. The van der Waals surface area contributed by atoms with Gasteiger partial charge in [0.05, 0.1) is 0 Å². The van der Waals surface area contributed by atoms with Crippen molar-refractivity contribution in [3.63, 3.8) is 0 Å². The van der Waals surface area contributed by atoms with Crippen molar-refractivity contribution >= 4 is 16.5 Å². The van der Waals surface area contributed by atoms with Crippen LogP contribution in [0.1, 0.15) is 37.1 Å². The van der Waals surface area contributed by atoms with E-state index in [-0.39, 0.29) is 0 Å². The number of rotatable bonds is 4. The van der Waals surface area contributed by atoms with Gasteiger partial charge in [0, 0.05) is 19.1 Å². The molecular weight excluding hydrogens is 244 g/mol. The zero-order valence-electron chi connectivity index (χ0n) is 11.1. The van der Waals surface area contributed by atoms with Crippen LogP contribution in [0.2, 0.25) is 0 Å². The Bertz CT molecular complexity index is 386. The summed E-state index contributed by atoms with van der Waals surface area (Å²) in [5.41, 5.74) is 0. The lowest BCUT2D eigenvalue weighted by Crippen LogP contribution is -2.31. The van der Waals surface area contributed by atoms with Gasteiger partial charge in [-0.1, -0.05) is 24.2 Å². The van der Waals surface area contributed by atoms with Crippen LogP contribution in [0.4, 0.5) is 5.13 Å². The zero-order valence-corrected chi connectivity index (χ0v) is 11.9. The maximum Gasteiger partial charge on any atom is 0.205 e. The number of nitrogens with one attached hydrogen (secondary N) is 1. The molecule has 0 spiro atoms. The monoisotopic (exact) mass is 266 g/mol. The Labute approximate surface area is 113 Å². The molecule has 1 aliphatic heterocycles. The Balaban J connectivity index is 1.44. The summed E-state index contributed by atoms with van der Waals surface area (Å²) >= 11 is 1.65. The fourth-order valence-electron chi connectivity index (χ4n) is 3.23. The van der Waals surface area contributed by atoms with E-state index in [2.05, 4.69) is 20.4 Å². The number of anilines is 1. The molecule has 1 saturated carbocycles. The first-order chi connectivity index (χ1) is 8.81. The molecule has 18 heavy (non-hydrogen) atoms. The molecule has 4 nitrogen and oxygen atoms in total. The van der Waals surface area contributed by atoms with Gasteiger partial charge in [0.15, 0.2) is 0 Å². The minimum Gasteiger partial charge on any atom is -0.360 e. The summed E-state index contributed by atoms with van der Waals surface area (Å²) in [4.78, 5) is 2.71. The number of hydrogen-bond donors (Lipinski definition) is 1. The highest BCUT2D eigenvalue weighted by molar-refractivity contribution is 7.15. The van der Waals surface area contributed by atoms with E-state index in [1.54, 1.807) is 11.3 Å². The van der Waals surface area contributed by atoms with E-state index in [0.29, 0.717) is 0 Å². The number of likely N-dealkylation sites (tertiary alicyclic amines) is 1. The Kier molecular flexibility index (Phi) is 3.80. The van der Waals surface area contributed by atoms with E-state index in [1.165, 1.54) is 45.2 Å². The summed E-state index contributed by atoms with van der Waals surface area (Å²) in [6, 6.07) is 0.888. The van der Waals surface area contributed by atoms with Crippen LogP contribution in [0.15, 0.2) is 0 Å². The van der Waals surface area contributed by atoms with E-state index in [0.717, 1.165) is 28.6 Å². The maximum atomic E-state index is 4.12. The first-order valence-corrected chi connectivity index (χ1v) is 7.91. The van der Waals surface area contributed by atoms with Crippen LogP contribution in [0.3, 0.4) is 0 Å². The van der Waals surface area contributed by atoms with Gasteiger partial charge in [-0.2, -0.15) is 0 Å². The van der Waals surface area contributed by atoms with Gasteiger partial charge < -0.3 is 10.2 Å². The second-order valence-corrected chi connectivity index (χ2v) is 6.78. The van der Waals surface area contributed by atoms with Gasteiger partial charge in [0.1, 0.15) is 5.01 Å². The van der Waals surface area contributed by atoms with Gasteiger partial charge in [-0.25, -0.2) is 0 Å². The number of aryl methyl sites for hydroxylation is 1. The molecule has 1 atom stereocenters. The summed E-state index contributed by atoms with van der Waals surface area (Å²) in [6.07, 6.45) is 7.06. The number of hydrogen-bond acceptors (Lipinski definition) is 5. The Hall–Kier alpha value is -0.680. The van der Waals surface area contributed by atoms with E-state index >= 15 is 0 Å². The van der Waals surface area contributed by atoms with Crippen LogP contribution < -0.4 is 5.32 Å². The lowest BCUT2D eigenvalue weighted by Gasteiger charge is -2.23. The average molecular weight is 266 g/mol. The van der Waals surface area contributed by atoms with Crippen LogP contribution in [-0.2, 0) is 0 Å². The summed E-state index contributed by atoms with van der Waals surface area (Å²) in [7, 11) is 0. The van der Waals surface area contributed by atoms with Gasteiger partial charge >= 0.3 is 0 Å². The van der Waals surface area contributed by atoms with Crippen molar-refractivity contribution in [2.75, 3.05) is 25.0 Å². The molecule has 2 fully saturated rings. The Morgan fingerprint density at radius 1 is 1.28 bits per heavy atom. The number of aromatic nitrogens is 2. The third-order valence-electron chi connectivity index (χ3n) is 4.23. The van der Waals surface area contributed by atoms with Crippen LogP contribution in [-0.4, -0.2) is 40.8 Å². The lowest BCUT2D eigenvalue weighted by atomic mass is 10.1. The van der Waals surface area contributed by atoms with Crippen LogP contribution >= 0.6 is 11.3 Å². The summed E-state index contributed by atoms with van der Waals surface area (Å²) in [6.45, 7) is 5.62. The van der Waals surface area contributed by atoms with Crippen molar-refractivity contribution < 1.29 is 0 Å².